The monoisotopic (exact) mass is 454 g/mol. The molecule has 0 saturated heterocycles. The van der Waals surface area contributed by atoms with E-state index in [9.17, 15) is 8.42 Å². The van der Waals surface area contributed by atoms with E-state index >= 15 is 0 Å². The molecule has 0 bridgehead atoms. The van der Waals surface area contributed by atoms with Crippen molar-refractivity contribution in [3.05, 3.63) is 78.4 Å². The van der Waals surface area contributed by atoms with Gasteiger partial charge >= 0.3 is 0 Å². The van der Waals surface area contributed by atoms with Gasteiger partial charge in [-0.05, 0) is 54.9 Å². The molecule has 32 heavy (non-hydrogen) atoms. The summed E-state index contributed by atoms with van der Waals surface area (Å²) in [5, 5.41) is 3.36. The van der Waals surface area contributed by atoms with Crippen LogP contribution in [-0.4, -0.2) is 34.8 Å². The number of hydrogen-bond acceptors (Lipinski definition) is 6. The minimum atomic E-state index is -3.60. The predicted molar refractivity (Wildman–Crippen MR) is 123 cm³/mol. The van der Waals surface area contributed by atoms with Gasteiger partial charge in [-0.1, -0.05) is 36.4 Å². The van der Waals surface area contributed by atoms with Gasteiger partial charge in [-0.2, -0.15) is 0 Å². The Morgan fingerprint density at radius 3 is 2.59 bits per heavy atom. The van der Waals surface area contributed by atoms with E-state index in [-0.39, 0.29) is 4.90 Å². The summed E-state index contributed by atoms with van der Waals surface area (Å²) in [6.45, 7) is 3.00. The molecule has 2 N–H and O–H groups in total. The zero-order valence-corrected chi connectivity index (χ0v) is 18.4. The molecule has 8 heteroatoms. The van der Waals surface area contributed by atoms with Crippen LogP contribution in [0.25, 0.3) is 0 Å². The van der Waals surface area contributed by atoms with Crippen molar-refractivity contribution in [2.75, 3.05) is 31.1 Å². The Bertz CT molecular complexity index is 1140. The molecule has 0 atom stereocenters. The predicted octanol–water partition coefficient (Wildman–Crippen LogP) is 3.82. The fraction of sp³-hybridized carbons (Fsp3) is 0.250. The summed E-state index contributed by atoms with van der Waals surface area (Å²) in [6, 6.07) is 21.3. The van der Waals surface area contributed by atoms with Crippen molar-refractivity contribution in [2.24, 2.45) is 0 Å². The van der Waals surface area contributed by atoms with Crippen molar-refractivity contribution >= 4 is 15.7 Å². The lowest BCUT2D eigenvalue weighted by Crippen LogP contribution is -2.18. The number of anilines is 1. The second-order valence-electron chi connectivity index (χ2n) is 7.28. The summed E-state index contributed by atoms with van der Waals surface area (Å²) in [5.74, 6) is 2.08. The Morgan fingerprint density at radius 2 is 1.72 bits per heavy atom. The number of rotatable bonds is 10. The summed E-state index contributed by atoms with van der Waals surface area (Å²) < 4.78 is 44.7. The highest BCUT2D eigenvalue weighted by Crippen LogP contribution is 2.38. The number of sulfonamides is 1. The fourth-order valence-electron chi connectivity index (χ4n) is 3.33. The zero-order valence-electron chi connectivity index (χ0n) is 17.6. The molecular weight excluding hydrogens is 428 g/mol. The van der Waals surface area contributed by atoms with Crippen molar-refractivity contribution in [1.29, 1.82) is 0 Å². The van der Waals surface area contributed by atoms with Crippen molar-refractivity contribution in [3.63, 3.8) is 0 Å². The quantitative estimate of drug-likeness (QED) is 0.453. The third-order valence-electron chi connectivity index (χ3n) is 4.85. The van der Waals surface area contributed by atoms with Crippen LogP contribution in [0.15, 0.2) is 77.7 Å². The van der Waals surface area contributed by atoms with Gasteiger partial charge in [0.15, 0.2) is 11.5 Å². The van der Waals surface area contributed by atoms with Gasteiger partial charge in [0.1, 0.15) is 13.2 Å². The number of para-hydroxylation sites is 1. The molecule has 1 aliphatic rings. The highest BCUT2D eigenvalue weighted by Gasteiger charge is 2.16. The zero-order chi connectivity index (χ0) is 22.2. The number of nitrogens with one attached hydrogen (secondary N) is 2. The van der Waals surface area contributed by atoms with Gasteiger partial charge in [0.05, 0.1) is 11.5 Å². The van der Waals surface area contributed by atoms with E-state index in [2.05, 4.69) is 10.0 Å². The maximum absolute atomic E-state index is 12.5. The number of benzene rings is 3. The smallest absolute Gasteiger partial charge is 0.261 e. The molecule has 0 radical (unpaired) electrons. The lowest BCUT2D eigenvalue weighted by Gasteiger charge is -2.20. The first kappa shape index (κ1) is 22.0. The van der Waals surface area contributed by atoms with Crippen LogP contribution in [0, 0.1) is 0 Å². The largest absolute Gasteiger partial charge is 0.489 e. The highest BCUT2D eigenvalue weighted by atomic mass is 32.2. The van der Waals surface area contributed by atoms with E-state index in [0.29, 0.717) is 43.6 Å². The van der Waals surface area contributed by atoms with Crippen LogP contribution in [0.3, 0.4) is 0 Å². The van der Waals surface area contributed by atoms with Crippen LogP contribution in [0.4, 0.5) is 5.69 Å². The lowest BCUT2D eigenvalue weighted by molar-refractivity contribution is 0.161. The Hall–Kier alpha value is -3.23. The van der Waals surface area contributed by atoms with E-state index < -0.39 is 10.0 Å². The van der Waals surface area contributed by atoms with Gasteiger partial charge in [-0.25, -0.2) is 8.42 Å². The molecule has 0 aromatic heterocycles. The summed E-state index contributed by atoms with van der Waals surface area (Å²) >= 11 is 0. The van der Waals surface area contributed by atoms with Crippen molar-refractivity contribution in [2.45, 2.75) is 17.9 Å². The summed E-state index contributed by atoms with van der Waals surface area (Å²) in [6.07, 6.45) is 0.810. The lowest BCUT2D eigenvalue weighted by atomic mass is 10.2. The fourth-order valence-corrected chi connectivity index (χ4v) is 4.40. The number of ether oxygens (including phenoxy) is 3. The van der Waals surface area contributed by atoms with Crippen molar-refractivity contribution in [3.8, 4) is 17.2 Å². The molecule has 1 heterocycles. The molecule has 7 nitrogen and oxygen atoms in total. The molecule has 3 aromatic rings. The molecule has 0 saturated carbocycles. The summed E-state index contributed by atoms with van der Waals surface area (Å²) in [7, 11) is -3.60. The maximum Gasteiger partial charge on any atom is 0.261 e. The second kappa shape index (κ2) is 10.4. The molecular formula is C24H26N2O5S. The van der Waals surface area contributed by atoms with Crippen molar-refractivity contribution < 1.29 is 22.6 Å². The van der Waals surface area contributed by atoms with Crippen LogP contribution in [0.5, 0.6) is 17.2 Å². The van der Waals surface area contributed by atoms with Gasteiger partial charge in [0.2, 0.25) is 5.75 Å². The minimum Gasteiger partial charge on any atom is -0.489 e. The third kappa shape index (κ3) is 5.72. The number of fused-ring (bicyclic) bond motifs is 1. The molecule has 0 unspecified atom stereocenters. The van der Waals surface area contributed by atoms with E-state index in [1.807, 2.05) is 36.4 Å². The molecule has 3 aromatic carbocycles. The van der Waals surface area contributed by atoms with Gasteiger partial charge in [0, 0.05) is 12.2 Å². The van der Waals surface area contributed by atoms with Crippen LogP contribution in [0.1, 0.15) is 12.0 Å². The first-order valence-corrected chi connectivity index (χ1v) is 12.0. The van der Waals surface area contributed by atoms with Gasteiger partial charge in [-0.15, -0.1) is 0 Å². The SMILES string of the molecule is O=S(=O)(Nc1cccc(CNCCCOc2cccc3c2OCCO3)c1)c1ccccc1. The third-order valence-corrected chi connectivity index (χ3v) is 6.24. The standard InChI is InChI=1S/C24H26N2O5S/c27-32(28,21-9-2-1-3-10-21)26-20-8-4-7-19(17-20)18-25-13-6-14-29-22-11-5-12-23-24(22)31-16-15-30-23/h1-5,7-12,17,25-26H,6,13-16,18H2. The van der Waals surface area contributed by atoms with Gasteiger partial charge < -0.3 is 19.5 Å². The summed E-state index contributed by atoms with van der Waals surface area (Å²) in [5.41, 5.74) is 1.52. The van der Waals surface area contributed by atoms with Crippen LogP contribution in [0.2, 0.25) is 0 Å². The van der Waals surface area contributed by atoms with E-state index in [1.54, 1.807) is 36.4 Å². The number of hydrogen-bond donors (Lipinski definition) is 2. The molecule has 0 amide bonds. The maximum atomic E-state index is 12.5. The molecule has 4 rings (SSSR count). The van der Waals surface area contributed by atoms with E-state index in [4.69, 9.17) is 14.2 Å². The Labute approximate surface area is 188 Å². The van der Waals surface area contributed by atoms with E-state index in [0.717, 1.165) is 24.3 Å². The normalized spacial score (nSPS) is 12.9. The van der Waals surface area contributed by atoms with Crippen LogP contribution >= 0.6 is 0 Å². The highest BCUT2D eigenvalue weighted by molar-refractivity contribution is 7.92. The van der Waals surface area contributed by atoms with Crippen LogP contribution < -0.4 is 24.2 Å². The Morgan fingerprint density at radius 1 is 0.906 bits per heavy atom. The first-order valence-electron chi connectivity index (χ1n) is 10.5. The van der Waals surface area contributed by atoms with Crippen LogP contribution in [-0.2, 0) is 16.6 Å². The Balaban J connectivity index is 1.22. The minimum absolute atomic E-state index is 0.236. The molecule has 0 spiro atoms. The first-order chi connectivity index (χ1) is 15.6. The molecule has 168 valence electrons. The summed E-state index contributed by atoms with van der Waals surface area (Å²) in [4.78, 5) is 0.236. The molecule has 0 aliphatic carbocycles. The van der Waals surface area contributed by atoms with Gasteiger partial charge in [0.25, 0.3) is 10.0 Å². The Kier molecular flexibility index (Phi) is 7.14. The second-order valence-corrected chi connectivity index (χ2v) is 8.96. The van der Waals surface area contributed by atoms with E-state index in [1.165, 1.54) is 0 Å². The topological polar surface area (TPSA) is 85.9 Å². The average molecular weight is 455 g/mol. The molecule has 1 aliphatic heterocycles. The van der Waals surface area contributed by atoms with Crippen molar-refractivity contribution in [1.82, 2.24) is 5.32 Å². The van der Waals surface area contributed by atoms with Gasteiger partial charge in [-0.3, -0.25) is 4.72 Å². The average Bonchev–Trinajstić information content (AvgIpc) is 2.82. The molecule has 0 fully saturated rings.